The molecule has 0 nitrogen and oxygen atoms in total. The van der Waals surface area contributed by atoms with Gasteiger partial charge in [-0.2, -0.15) is 0 Å². The summed E-state index contributed by atoms with van der Waals surface area (Å²) in [7, 11) is 0. The van der Waals surface area contributed by atoms with E-state index in [2.05, 4.69) is 27.7 Å². The van der Waals surface area contributed by atoms with Crippen LogP contribution in [-0.4, -0.2) is 32.6 Å². The number of hydrogen-bond acceptors (Lipinski definition) is 0. The van der Waals surface area contributed by atoms with E-state index in [1.165, 1.54) is 10.6 Å². The summed E-state index contributed by atoms with van der Waals surface area (Å²) in [4.78, 5) is 0. The van der Waals surface area contributed by atoms with Crippen LogP contribution in [0.2, 0.25) is 10.6 Å². The molecule has 3 heteroatoms. The van der Waals surface area contributed by atoms with Crippen molar-refractivity contribution in [3.05, 3.63) is 0 Å². The van der Waals surface area contributed by atoms with Gasteiger partial charge in [0.05, 0.1) is 0 Å². The molecule has 0 heterocycles. The summed E-state index contributed by atoms with van der Waals surface area (Å²) in [6.45, 7) is 9.31. The summed E-state index contributed by atoms with van der Waals surface area (Å²) in [5, 5.41) is 3.08. The van der Waals surface area contributed by atoms with E-state index in [9.17, 15) is 0 Å². The molecule has 0 N–H and O–H groups in total. The first-order valence-electron chi connectivity index (χ1n) is 4.13. The fourth-order valence-corrected chi connectivity index (χ4v) is 2.80. The van der Waals surface area contributed by atoms with E-state index in [1.54, 1.807) is 0 Å². The molecule has 0 fully saturated rings. The lowest BCUT2D eigenvalue weighted by Crippen LogP contribution is -1.99. The maximum Gasteiger partial charge on any atom is 0.237 e. The Morgan fingerprint density at radius 3 is 1.36 bits per heavy atom. The maximum atomic E-state index is 2.33. The molecule has 0 amide bonds. The van der Waals surface area contributed by atoms with Gasteiger partial charge in [0.2, 0.25) is 15.2 Å². The summed E-state index contributed by atoms with van der Waals surface area (Å²) < 4.78 is 0. The minimum Gasteiger partial charge on any atom is -0.147 e. The van der Waals surface area contributed by atoms with Gasteiger partial charge in [-0.15, -0.1) is 12.4 Å². The van der Waals surface area contributed by atoms with Gasteiger partial charge in [-0.25, -0.2) is 0 Å². The van der Waals surface area contributed by atoms with E-state index < -0.39 is 0 Å². The van der Waals surface area contributed by atoms with Gasteiger partial charge in [0, 0.05) is 0 Å². The van der Waals surface area contributed by atoms with E-state index in [4.69, 9.17) is 0 Å². The molecule has 0 aromatic heterocycles. The summed E-state index contributed by atoms with van der Waals surface area (Å²) in [6.07, 6.45) is 0. The van der Waals surface area contributed by atoms with Crippen molar-refractivity contribution in [3.63, 3.8) is 0 Å². The highest BCUT2D eigenvalue weighted by atomic mass is 35.5. The van der Waals surface area contributed by atoms with Crippen LogP contribution in [-0.2, 0) is 0 Å². The Kier molecular flexibility index (Phi) is 18.8. The Morgan fingerprint density at radius 2 is 1.18 bits per heavy atom. The molecule has 68 valence electrons. The van der Waals surface area contributed by atoms with Crippen LogP contribution in [0.1, 0.15) is 27.7 Å². The van der Waals surface area contributed by atoms with Gasteiger partial charge in [0.25, 0.3) is 0 Å². The predicted octanol–water partition coefficient (Wildman–Crippen LogP) is 1.81. The first-order valence-corrected chi connectivity index (χ1v) is 6.13. The highest BCUT2D eigenvalue weighted by molar-refractivity contribution is 6.35. The summed E-state index contributed by atoms with van der Waals surface area (Å²) >= 11 is 0.316. The number of hydrogen-bond donors (Lipinski definition) is 0. The Bertz CT molecular complexity index is 57.1. The van der Waals surface area contributed by atoms with Crippen LogP contribution in [0.4, 0.5) is 0 Å². The third-order valence-electron chi connectivity index (χ3n) is 1.56. The van der Waals surface area contributed by atoms with Crippen molar-refractivity contribution in [1.82, 2.24) is 0 Å². The van der Waals surface area contributed by atoms with Crippen LogP contribution < -0.4 is 0 Å². The second-order valence-electron chi connectivity index (χ2n) is 3.72. The van der Waals surface area contributed by atoms with Crippen molar-refractivity contribution >= 4 is 45.0 Å². The van der Waals surface area contributed by atoms with Crippen LogP contribution >= 0.6 is 12.4 Å². The van der Waals surface area contributed by atoms with Gasteiger partial charge < -0.3 is 0 Å². The predicted molar refractivity (Wildman–Crippen MR) is 63.6 cm³/mol. The number of rotatable bonds is 4. The standard InChI is InChI=1S/2C4H9.2Al.ClH.4H/c2*1-4(2)3;;;;;;;/h2*4H,1H2,2-3H3;;;1H;;;;. The van der Waals surface area contributed by atoms with E-state index in [0.29, 0.717) is 15.2 Å². The van der Waals surface area contributed by atoms with E-state index >= 15 is 0 Å². The van der Waals surface area contributed by atoms with Crippen molar-refractivity contribution in [1.29, 1.82) is 0 Å². The lowest BCUT2D eigenvalue weighted by molar-refractivity contribution is 0.700. The zero-order valence-corrected chi connectivity index (χ0v) is 9.91. The molecule has 0 unspecified atom stereocenters. The van der Waals surface area contributed by atoms with E-state index in [1.807, 2.05) is 0 Å². The molecule has 11 heavy (non-hydrogen) atoms. The monoisotopic (exact) mass is 208 g/mol. The summed E-state index contributed by atoms with van der Waals surface area (Å²) in [5.41, 5.74) is 0. The highest BCUT2D eigenvalue weighted by Crippen LogP contribution is 2.05. The highest BCUT2D eigenvalue weighted by Gasteiger charge is 1.99. The van der Waals surface area contributed by atoms with Crippen LogP contribution in [0, 0.1) is 11.8 Å². The van der Waals surface area contributed by atoms with Crippen molar-refractivity contribution in [2.45, 2.75) is 38.3 Å². The summed E-state index contributed by atoms with van der Waals surface area (Å²) in [5.74, 6) is 1.91. The number of halogens is 1. The molecule has 0 spiro atoms. The van der Waals surface area contributed by atoms with Gasteiger partial charge in [0.15, 0.2) is 17.4 Å². The Hall–Kier alpha value is 1.35. The van der Waals surface area contributed by atoms with Crippen LogP contribution in [0.15, 0.2) is 0 Å². The van der Waals surface area contributed by atoms with Gasteiger partial charge >= 0.3 is 0 Å². The molecule has 0 aromatic rings. The van der Waals surface area contributed by atoms with Crippen LogP contribution in [0.5, 0.6) is 0 Å². The first kappa shape index (κ1) is 18.2. The fraction of sp³-hybridized carbons (Fsp3) is 1.00. The van der Waals surface area contributed by atoms with Gasteiger partial charge in [0.1, 0.15) is 0 Å². The lowest BCUT2D eigenvalue weighted by atomic mass is 10.3. The van der Waals surface area contributed by atoms with Crippen LogP contribution in [0.3, 0.4) is 0 Å². The first-order chi connectivity index (χ1) is 4.13. The van der Waals surface area contributed by atoms with Crippen molar-refractivity contribution in [2.24, 2.45) is 11.8 Å². The normalized spacial score (nSPS) is 8.91. The van der Waals surface area contributed by atoms with Gasteiger partial charge in [-0.1, -0.05) is 50.1 Å². The molecular formula is C8H23Al2Cl. The lowest BCUT2D eigenvalue weighted by Gasteiger charge is -2.03. The fourth-order valence-electron chi connectivity index (χ4n) is 0.934. The smallest absolute Gasteiger partial charge is 0.147 e. The third-order valence-corrected chi connectivity index (χ3v) is 4.69. The molecule has 0 aliphatic heterocycles. The maximum absolute atomic E-state index is 2.33. The molecule has 0 atom stereocenters. The molecule has 0 rings (SSSR count). The third kappa shape index (κ3) is 18.4. The molecular weight excluding hydrogens is 186 g/mol. The van der Waals surface area contributed by atoms with E-state index in [-0.39, 0.29) is 29.8 Å². The topological polar surface area (TPSA) is 0 Å². The van der Waals surface area contributed by atoms with Gasteiger partial charge in [-0.05, 0) is 0 Å². The Balaban J connectivity index is -0.000000320. The second kappa shape index (κ2) is 11.4. The molecule has 0 bridgehead atoms. The van der Waals surface area contributed by atoms with Crippen LogP contribution in [0.25, 0.3) is 0 Å². The molecule has 0 aliphatic rings. The van der Waals surface area contributed by atoms with E-state index in [0.717, 1.165) is 11.8 Å². The molecule has 0 radical (unpaired) electrons. The zero-order chi connectivity index (χ0) is 7.28. The summed E-state index contributed by atoms with van der Waals surface area (Å²) in [6, 6.07) is 0. The molecule has 0 aromatic carbocycles. The van der Waals surface area contributed by atoms with Crippen molar-refractivity contribution in [3.8, 4) is 0 Å². The SMILES string of the molecule is CC(C)[CH2][AlH][CH2]C(C)C.Cl.[AlH3]. The van der Waals surface area contributed by atoms with Crippen molar-refractivity contribution in [2.75, 3.05) is 0 Å². The molecule has 0 saturated heterocycles. The quantitative estimate of drug-likeness (QED) is 0.619. The van der Waals surface area contributed by atoms with Crippen molar-refractivity contribution < 1.29 is 0 Å². The Labute approximate surface area is 94.8 Å². The largest absolute Gasteiger partial charge is 0.237 e. The average Bonchev–Trinajstić information content (AvgIpc) is 1.63. The molecule has 0 aliphatic carbocycles. The zero-order valence-electron chi connectivity index (χ0n) is 7.68. The Morgan fingerprint density at radius 1 is 0.909 bits per heavy atom. The average molecular weight is 209 g/mol. The van der Waals surface area contributed by atoms with Gasteiger partial charge in [-0.3, -0.25) is 0 Å². The minimum absolute atomic E-state index is 0. The minimum atomic E-state index is 0. The molecule has 0 saturated carbocycles. The second-order valence-corrected chi connectivity index (χ2v) is 5.58.